The summed E-state index contributed by atoms with van der Waals surface area (Å²) >= 11 is 5.78. The van der Waals surface area contributed by atoms with E-state index in [1.54, 1.807) is 6.92 Å². The molecule has 1 aliphatic rings. The van der Waals surface area contributed by atoms with Gasteiger partial charge < -0.3 is 5.32 Å². The molecule has 1 N–H and O–H groups in total. The lowest BCUT2D eigenvalue weighted by Gasteiger charge is -2.11. The van der Waals surface area contributed by atoms with Crippen LogP contribution >= 0.6 is 11.6 Å². The number of hydrogen-bond donors (Lipinski definition) is 1. The van der Waals surface area contributed by atoms with Crippen LogP contribution < -0.4 is 5.32 Å². The smallest absolute Gasteiger partial charge is 0.270 e. The van der Waals surface area contributed by atoms with E-state index in [1.807, 2.05) is 0 Å². The van der Waals surface area contributed by atoms with Gasteiger partial charge in [-0.3, -0.25) is 4.79 Å². The first kappa shape index (κ1) is 11.3. The molecule has 1 saturated carbocycles. The summed E-state index contributed by atoms with van der Waals surface area (Å²) in [5, 5.41) is 3.27. The van der Waals surface area contributed by atoms with E-state index < -0.39 is 0 Å². The summed E-state index contributed by atoms with van der Waals surface area (Å²) in [5.74, 6) is 0.364. The molecule has 1 amide bonds. The maximum atomic E-state index is 11.8. The number of rotatable bonds is 2. The first-order valence-corrected chi connectivity index (χ1v) is 5.85. The number of nitrogens with one attached hydrogen (secondary N) is 1. The fourth-order valence-electron chi connectivity index (χ4n) is 1.98. The van der Waals surface area contributed by atoms with Crippen molar-refractivity contribution in [3.63, 3.8) is 0 Å². The van der Waals surface area contributed by atoms with E-state index in [0.29, 0.717) is 22.7 Å². The van der Waals surface area contributed by atoms with Gasteiger partial charge in [-0.2, -0.15) is 0 Å². The number of halogens is 1. The van der Waals surface area contributed by atoms with Crippen LogP contribution in [0, 0.1) is 6.92 Å². The lowest BCUT2D eigenvalue weighted by atomic mass is 10.2. The Hall–Kier alpha value is -1.16. The van der Waals surface area contributed by atoms with Crippen molar-refractivity contribution in [3.05, 3.63) is 22.7 Å². The Bertz CT molecular complexity index is 382. The van der Waals surface area contributed by atoms with Crippen LogP contribution in [0.25, 0.3) is 0 Å². The zero-order chi connectivity index (χ0) is 11.5. The van der Waals surface area contributed by atoms with Crippen molar-refractivity contribution >= 4 is 17.5 Å². The molecule has 1 fully saturated rings. The Morgan fingerprint density at radius 2 is 2.12 bits per heavy atom. The SMILES string of the molecule is Cc1nc(Cl)cc(C(=O)NC2CCCC2)n1. The molecule has 2 rings (SSSR count). The third kappa shape index (κ3) is 2.70. The normalized spacial score (nSPS) is 16.4. The van der Waals surface area contributed by atoms with Crippen molar-refractivity contribution < 1.29 is 4.79 Å². The van der Waals surface area contributed by atoms with Crippen LogP contribution in [0.4, 0.5) is 0 Å². The van der Waals surface area contributed by atoms with Gasteiger partial charge >= 0.3 is 0 Å². The summed E-state index contributed by atoms with van der Waals surface area (Å²) in [5.41, 5.74) is 0.351. The third-order valence-corrected chi connectivity index (χ3v) is 2.92. The van der Waals surface area contributed by atoms with Crippen LogP contribution in [0.5, 0.6) is 0 Å². The molecule has 1 aliphatic carbocycles. The first-order chi connectivity index (χ1) is 7.65. The summed E-state index contributed by atoms with van der Waals surface area (Å²) in [6.07, 6.45) is 4.50. The van der Waals surface area contributed by atoms with E-state index in [9.17, 15) is 4.79 Å². The minimum Gasteiger partial charge on any atom is -0.348 e. The van der Waals surface area contributed by atoms with Gasteiger partial charge in [0.25, 0.3) is 5.91 Å². The number of nitrogens with zero attached hydrogens (tertiary/aromatic N) is 2. The van der Waals surface area contributed by atoms with Crippen LogP contribution in [0.3, 0.4) is 0 Å². The maximum Gasteiger partial charge on any atom is 0.270 e. The second-order valence-corrected chi connectivity index (χ2v) is 4.47. The average molecular weight is 240 g/mol. The van der Waals surface area contributed by atoms with E-state index >= 15 is 0 Å². The van der Waals surface area contributed by atoms with Crippen LogP contribution in [0.15, 0.2) is 6.07 Å². The van der Waals surface area contributed by atoms with Gasteiger partial charge in [0.05, 0.1) is 0 Å². The van der Waals surface area contributed by atoms with Gasteiger partial charge in [0.2, 0.25) is 0 Å². The maximum absolute atomic E-state index is 11.8. The molecule has 0 unspecified atom stereocenters. The topological polar surface area (TPSA) is 54.9 Å². The van der Waals surface area contributed by atoms with Crippen LogP contribution in [0.2, 0.25) is 5.15 Å². The van der Waals surface area contributed by atoms with E-state index in [1.165, 1.54) is 18.9 Å². The lowest BCUT2D eigenvalue weighted by Crippen LogP contribution is -2.33. The van der Waals surface area contributed by atoms with Gasteiger partial charge in [-0.25, -0.2) is 9.97 Å². The Kier molecular flexibility index (Phi) is 3.39. The van der Waals surface area contributed by atoms with Crippen molar-refractivity contribution in [2.24, 2.45) is 0 Å². The van der Waals surface area contributed by atoms with Crippen LogP contribution in [-0.2, 0) is 0 Å². The summed E-state index contributed by atoms with van der Waals surface area (Å²) in [7, 11) is 0. The molecule has 4 nitrogen and oxygen atoms in total. The van der Waals surface area contributed by atoms with Gasteiger partial charge in [-0.1, -0.05) is 24.4 Å². The molecule has 0 aliphatic heterocycles. The number of carbonyl (C=O) groups is 1. The third-order valence-electron chi connectivity index (χ3n) is 2.73. The molecular weight excluding hydrogens is 226 g/mol. The van der Waals surface area contributed by atoms with E-state index in [2.05, 4.69) is 15.3 Å². The van der Waals surface area contributed by atoms with Gasteiger partial charge in [0, 0.05) is 12.1 Å². The zero-order valence-electron chi connectivity index (χ0n) is 9.16. The second-order valence-electron chi connectivity index (χ2n) is 4.08. The summed E-state index contributed by atoms with van der Waals surface area (Å²) in [6, 6.07) is 1.79. The zero-order valence-corrected chi connectivity index (χ0v) is 9.92. The molecule has 86 valence electrons. The summed E-state index contributed by atoms with van der Waals surface area (Å²) in [6.45, 7) is 1.72. The number of hydrogen-bond acceptors (Lipinski definition) is 3. The van der Waals surface area contributed by atoms with Gasteiger partial charge in [-0.15, -0.1) is 0 Å². The fourth-order valence-corrected chi connectivity index (χ4v) is 2.20. The standard InChI is InChI=1S/C11H14ClN3O/c1-7-13-9(6-10(12)14-7)11(16)15-8-4-2-3-5-8/h6,8H,2-5H2,1H3,(H,15,16). The van der Waals surface area contributed by atoms with Crippen molar-refractivity contribution in [1.82, 2.24) is 15.3 Å². The Balaban J connectivity index is 2.07. The van der Waals surface area contributed by atoms with E-state index in [-0.39, 0.29) is 5.91 Å². The summed E-state index contributed by atoms with van der Waals surface area (Å²) < 4.78 is 0. The Morgan fingerprint density at radius 1 is 1.44 bits per heavy atom. The van der Waals surface area contributed by atoms with Crippen molar-refractivity contribution in [3.8, 4) is 0 Å². The number of amides is 1. The molecule has 16 heavy (non-hydrogen) atoms. The Labute approximate surface area is 99.4 Å². The molecule has 1 aromatic rings. The molecule has 1 aromatic heterocycles. The summed E-state index contributed by atoms with van der Waals surface area (Å²) in [4.78, 5) is 19.8. The number of aryl methyl sites for hydroxylation is 1. The first-order valence-electron chi connectivity index (χ1n) is 5.47. The van der Waals surface area contributed by atoms with Crippen LogP contribution in [-0.4, -0.2) is 21.9 Å². The molecule has 5 heteroatoms. The van der Waals surface area contributed by atoms with E-state index in [4.69, 9.17) is 11.6 Å². The lowest BCUT2D eigenvalue weighted by molar-refractivity contribution is 0.0932. The average Bonchev–Trinajstić information content (AvgIpc) is 2.68. The van der Waals surface area contributed by atoms with Gasteiger partial charge in [0.15, 0.2) is 0 Å². The van der Waals surface area contributed by atoms with Crippen molar-refractivity contribution in [1.29, 1.82) is 0 Å². The minimum atomic E-state index is -0.153. The van der Waals surface area contributed by atoms with Crippen molar-refractivity contribution in [2.75, 3.05) is 0 Å². The van der Waals surface area contributed by atoms with Crippen molar-refractivity contribution in [2.45, 2.75) is 38.6 Å². The highest BCUT2D eigenvalue weighted by Crippen LogP contribution is 2.18. The Morgan fingerprint density at radius 3 is 2.75 bits per heavy atom. The molecule has 1 heterocycles. The predicted molar refractivity (Wildman–Crippen MR) is 61.5 cm³/mol. The quantitative estimate of drug-likeness (QED) is 0.805. The molecule has 0 radical (unpaired) electrons. The largest absolute Gasteiger partial charge is 0.348 e. The van der Waals surface area contributed by atoms with E-state index in [0.717, 1.165) is 12.8 Å². The minimum absolute atomic E-state index is 0.153. The molecule has 0 spiro atoms. The molecular formula is C11H14ClN3O. The second kappa shape index (κ2) is 4.78. The molecule has 0 aromatic carbocycles. The number of carbonyl (C=O) groups excluding carboxylic acids is 1. The molecule has 0 saturated heterocycles. The fraction of sp³-hybridized carbons (Fsp3) is 0.545. The highest BCUT2D eigenvalue weighted by atomic mass is 35.5. The van der Waals surface area contributed by atoms with Gasteiger partial charge in [0.1, 0.15) is 16.7 Å². The molecule has 0 bridgehead atoms. The highest BCUT2D eigenvalue weighted by Gasteiger charge is 2.19. The monoisotopic (exact) mass is 239 g/mol. The molecule has 0 atom stereocenters. The van der Waals surface area contributed by atoms with Gasteiger partial charge in [-0.05, 0) is 19.8 Å². The highest BCUT2D eigenvalue weighted by molar-refractivity contribution is 6.29. The number of aromatic nitrogens is 2. The van der Waals surface area contributed by atoms with Crippen LogP contribution in [0.1, 0.15) is 42.0 Å². The predicted octanol–water partition coefficient (Wildman–Crippen LogP) is 2.11.